The molecule has 2 unspecified atom stereocenters. The Bertz CT molecular complexity index is 3110. The molecule has 13 rings (SSSR count). The average Bonchev–Trinajstić information content (AvgIpc) is 3.86. The molecular weight excluding hydrogens is 683 g/mol. The van der Waals surface area contributed by atoms with Crippen LogP contribution in [0.15, 0.2) is 164 Å². The van der Waals surface area contributed by atoms with E-state index in [0.29, 0.717) is 5.92 Å². The molecule has 4 aliphatic rings. The predicted molar refractivity (Wildman–Crippen MR) is 235 cm³/mol. The molecule has 3 aliphatic heterocycles. The van der Waals surface area contributed by atoms with Gasteiger partial charge in [-0.25, -0.2) is 0 Å². The van der Waals surface area contributed by atoms with Gasteiger partial charge in [0.15, 0.2) is 0 Å². The monoisotopic (exact) mass is 718 g/mol. The van der Waals surface area contributed by atoms with Gasteiger partial charge in [0.25, 0.3) is 0 Å². The van der Waals surface area contributed by atoms with Crippen molar-refractivity contribution in [1.29, 1.82) is 0 Å². The van der Waals surface area contributed by atoms with E-state index in [-0.39, 0.29) is 18.3 Å². The molecule has 0 radical (unpaired) electrons. The minimum Gasteiger partial charge on any atom is -0.376 e. The Morgan fingerprint density at radius 2 is 1.29 bits per heavy atom. The van der Waals surface area contributed by atoms with E-state index in [9.17, 15) is 0 Å². The van der Waals surface area contributed by atoms with Gasteiger partial charge in [0.05, 0.1) is 16.4 Å². The highest BCUT2D eigenvalue weighted by molar-refractivity contribution is 7.26. The molecule has 1 aliphatic carbocycles. The summed E-state index contributed by atoms with van der Waals surface area (Å²) in [4.78, 5) is 5.51. The summed E-state index contributed by atoms with van der Waals surface area (Å²) in [6.45, 7) is 4.97. The standard InChI is InChI=1S/C51H35BN2S/c1-51(2)41-20-10-8-18-36(41)48-45(51)37-19-12-21-42-47(37)53(48)49-46-39(29-40-35-17-9-11-22-44(35)55-50(40)49)38-27-32-15-6-7-16-33(32)28-43(38)54(52(42)46)34-25-23-31(24-26-34)30-13-4-3-5-14-30/h3-29,45,48H,1-2H3. The van der Waals surface area contributed by atoms with Crippen molar-refractivity contribution in [1.82, 2.24) is 0 Å². The molecule has 55 heavy (non-hydrogen) atoms. The number of para-hydroxylation sites is 1. The zero-order valence-electron chi connectivity index (χ0n) is 30.6. The van der Waals surface area contributed by atoms with Crippen molar-refractivity contribution in [3.05, 3.63) is 180 Å². The Kier molecular flexibility index (Phi) is 5.81. The lowest BCUT2D eigenvalue weighted by molar-refractivity contribution is 0.421. The maximum absolute atomic E-state index is 2.83. The van der Waals surface area contributed by atoms with E-state index in [4.69, 9.17) is 0 Å². The summed E-state index contributed by atoms with van der Waals surface area (Å²) in [5.41, 5.74) is 17.7. The van der Waals surface area contributed by atoms with E-state index in [1.165, 1.54) is 104 Å². The fourth-order valence-electron chi connectivity index (χ4n) is 11.2. The lowest BCUT2D eigenvalue weighted by atomic mass is 9.43. The normalized spacial score (nSPS) is 18.0. The van der Waals surface area contributed by atoms with Gasteiger partial charge in [0, 0.05) is 44.0 Å². The van der Waals surface area contributed by atoms with Crippen molar-refractivity contribution >= 4 is 82.8 Å². The third-order valence-electron chi connectivity index (χ3n) is 13.4. The highest BCUT2D eigenvalue weighted by Gasteiger charge is 2.59. The molecule has 0 N–H and O–H groups in total. The molecule has 4 heterocycles. The van der Waals surface area contributed by atoms with Crippen LogP contribution in [0.1, 0.15) is 42.5 Å². The number of hydrogen-bond donors (Lipinski definition) is 0. The summed E-state index contributed by atoms with van der Waals surface area (Å²) in [5, 5.41) is 5.25. The van der Waals surface area contributed by atoms with E-state index in [1.807, 2.05) is 11.3 Å². The van der Waals surface area contributed by atoms with Crippen LogP contribution < -0.4 is 20.6 Å². The van der Waals surface area contributed by atoms with E-state index >= 15 is 0 Å². The van der Waals surface area contributed by atoms with Crippen LogP contribution in [-0.4, -0.2) is 6.85 Å². The zero-order valence-corrected chi connectivity index (χ0v) is 31.4. The maximum atomic E-state index is 2.83. The first-order valence-corrected chi connectivity index (χ1v) is 20.4. The molecule has 9 aromatic rings. The number of nitrogens with zero attached hydrogens (tertiary/aromatic N) is 2. The second kappa shape index (κ2) is 10.6. The molecular formula is C51H35BN2S. The number of benzene rings is 8. The molecule has 0 fully saturated rings. The molecule has 258 valence electrons. The second-order valence-corrected chi connectivity index (χ2v) is 17.5. The Hall–Kier alpha value is -6.10. The molecule has 2 atom stereocenters. The third kappa shape index (κ3) is 3.80. The first-order chi connectivity index (χ1) is 27.1. The fraction of sp³-hybridized carbons (Fsp3) is 0.0980. The Labute approximate surface area is 325 Å². The van der Waals surface area contributed by atoms with Gasteiger partial charge in [-0.1, -0.05) is 141 Å². The summed E-state index contributed by atoms with van der Waals surface area (Å²) in [6.07, 6.45) is 0. The lowest BCUT2D eigenvalue weighted by Gasteiger charge is -2.46. The number of thiophene rings is 1. The highest BCUT2D eigenvalue weighted by atomic mass is 32.1. The largest absolute Gasteiger partial charge is 0.376 e. The van der Waals surface area contributed by atoms with Crippen LogP contribution in [0, 0.1) is 0 Å². The summed E-state index contributed by atoms with van der Waals surface area (Å²) >= 11 is 1.97. The Balaban J connectivity index is 1.18. The van der Waals surface area contributed by atoms with Gasteiger partial charge in [0.2, 0.25) is 0 Å². The average molecular weight is 719 g/mol. The van der Waals surface area contributed by atoms with Gasteiger partial charge in [0.1, 0.15) is 0 Å². The quantitative estimate of drug-likeness (QED) is 0.164. The van der Waals surface area contributed by atoms with Crippen LogP contribution >= 0.6 is 11.3 Å². The highest BCUT2D eigenvalue weighted by Crippen LogP contribution is 2.66. The first kappa shape index (κ1) is 30.3. The summed E-state index contributed by atoms with van der Waals surface area (Å²) in [5.74, 6) is 0.337. The summed E-state index contributed by atoms with van der Waals surface area (Å²) < 4.78 is 2.75. The Morgan fingerprint density at radius 3 is 2.15 bits per heavy atom. The molecule has 0 bridgehead atoms. The van der Waals surface area contributed by atoms with Crippen molar-refractivity contribution in [3.8, 4) is 22.3 Å². The van der Waals surface area contributed by atoms with Crippen LogP contribution in [-0.2, 0) is 5.41 Å². The van der Waals surface area contributed by atoms with E-state index in [0.717, 1.165) is 0 Å². The van der Waals surface area contributed by atoms with Crippen molar-refractivity contribution < 1.29 is 0 Å². The number of fused-ring (bicyclic) bond motifs is 14. The van der Waals surface area contributed by atoms with Crippen molar-refractivity contribution in [2.24, 2.45) is 0 Å². The van der Waals surface area contributed by atoms with Gasteiger partial charge in [-0.15, -0.1) is 11.3 Å². The molecule has 0 saturated carbocycles. The fourth-order valence-corrected chi connectivity index (χ4v) is 12.4. The van der Waals surface area contributed by atoms with Crippen molar-refractivity contribution in [2.45, 2.75) is 31.2 Å². The van der Waals surface area contributed by atoms with Crippen LogP contribution in [0.4, 0.5) is 22.7 Å². The van der Waals surface area contributed by atoms with Gasteiger partial charge < -0.3 is 9.71 Å². The van der Waals surface area contributed by atoms with Gasteiger partial charge in [-0.3, -0.25) is 0 Å². The summed E-state index contributed by atoms with van der Waals surface area (Å²) in [7, 11) is 0. The summed E-state index contributed by atoms with van der Waals surface area (Å²) in [6, 6.07) is 62.3. The zero-order chi connectivity index (χ0) is 36.2. The lowest BCUT2D eigenvalue weighted by Crippen LogP contribution is -2.61. The van der Waals surface area contributed by atoms with Gasteiger partial charge in [-0.05, 0) is 96.9 Å². The van der Waals surface area contributed by atoms with Gasteiger partial charge >= 0.3 is 6.85 Å². The van der Waals surface area contributed by atoms with Crippen LogP contribution in [0.3, 0.4) is 0 Å². The molecule has 2 nitrogen and oxygen atoms in total. The Morgan fingerprint density at radius 1 is 0.582 bits per heavy atom. The molecule has 8 aromatic carbocycles. The van der Waals surface area contributed by atoms with Gasteiger partial charge in [-0.2, -0.15) is 0 Å². The van der Waals surface area contributed by atoms with Crippen LogP contribution in [0.5, 0.6) is 0 Å². The SMILES string of the molecule is CC1(C)c2ccccc2C2C1c1cccc3c1N2c1c2c(cc4c1sc1ccccc14)-c1cc4ccccc4cc1N(c1ccc(-c4ccccc4)cc1)B32. The van der Waals surface area contributed by atoms with E-state index in [2.05, 4.69) is 187 Å². The number of anilines is 4. The minimum absolute atomic E-state index is 0.000711. The number of hydrogen-bond acceptors (Lipinski definition) is 3. The first-order valence-electron chi connectivity index (χ1n) is 19.5. The van der Waals surface area contributed by atoms with E-state index in [1.54, 1.807) is 0 Å². The second-order valence-electron chi connectivity index (χ2n) is 16.4. The molecule has 0 amide bonds. The number of rotatable bonds is 2. The van der Waals surface area contributed by atoms with E-state index < -0.39 is 0 Å². The van der Waals surface area contributed by atoms with Crippen LogP contribution in [0.25, 0.3) is 53.2 Å². The maximum Gasteiger partial charge on any atom is 0.333 e. The third-order valence-corrected chi connectivity index (χ3v) is 14.6. The minimum atomic E-state index is -0.0197. The molecule has 1 aromatic heterocycles. The van der Waals surface area contributed by atoms with Crippen LogP contribution in [0.2, 0.25) is 0 Å². The van der Waals surface area contributed by atoms with Crippen molar-refractivity contribution in [2.75, 3.05) is 9.71 Å². The topological polar surface area (TPSA) is 6.48 Å². The molecule has 4 heteroatoms. The molecule has 0 saturated heterocycles. The van der Waals surface area contributed by atoms with Crippen molar-refractivity contribution in [3.63, 3.8) is 0 Å². The smallest absolute Gasteiger partial charge is 0.333 e. The predicted octanol–water partition coefficient (Wildman–Crippen LogP) is 12.4. The molecule has 0 spiro atoms.